The van der Waals surface area contributed by atoms with Gasteiger partial charge in [-0.2, -0.15) is 0 Å². The zero-order chi connectivity index (χ0) is 29.2. The largest absolute Gasteiger partial charge is 0.326 e. The second-order valence-corrected chi connectivity index (χ2v) is 11.4. The van der Waals surface area contributed by atoms with Gasteiger partial charge in [0.2, 0.25) is 17.7 Å². The molecule has 4 amide bonds. The summed E-state index contributed by atoms with van der Waals surface area (Å²) >= 11 is 0. The van der Waals surface area contributed by atoms with Crippen molar-refractivity contribution in [2.24, 2.45) is 11.8 Å². The van der Waals surface area contributed by atoms with Crippen LogP contribution in [0, 0.1) is 11.8 Å². The Morgan fingerprint density at radius 3 is 2.17 bits per heavy atom. The fraction of sp³-hybridized carbons (Fsp3) is 0.471. The minimum absolute atomic E-state index is 0.0324. The van der Waals surface area contributed by atoms with Gasteiger partial charge in [0.05, 0.1) is 17.5 Å². The first kappa shape index (κ1) is 30.2. The van der Waals surface area contributed by atoms with Gasteiger partial charge in [-0.25, -0.2) is 0 Å². The Balaban J connectivity index is 1.27. The molecule has 0 radical (unpaired) electrons. The van der Waals surface area contributed by atoms with Gasteiger partial charge in [-0.05, 0) is 62.6 Å². The number of hydrogen-bond acceptors (Lipinski definition) is 4. The molecule has 0 bridgehead atoms. The molecule has 41 heavy (non-hydrogen) atoms. The molecular formula is C34H43N3O4. The predicted molar refractivity (Wildman–Crippen MR) is 164 cm³/mol. The fourth-order valence-electron chi connectivity index (χ4n) is 5.78. The van der Waals surface area contributed by atoms with Crippen LogP contribution in [0.4, 0.5) is 17.1 Å². The van der Waals surface area contributed by atoms with E-state index in [0.29, 0.717) is 41.9 Å². The summed E-state index contributed by atoms with van der Waals surface area (Å²) in [4.78, 5) is 52.9. The van der Waals surface area contributed by atoms with Crippen molar-refractivity contribution in [3.8, 4) is 0 Å². The molecule has 4 rings (SSSR count). The van der Waals surface area contributed by atoms with Gasteiger partial charge in [0.25, 0.3) is 5.91 Å². The smallest absolute Gasteiger partial charge is 0.255 e. The van der Waals surface area contributed by atoms with Crippen LogP contribution < -0.4 is 15.5 Å². The monoisotopic (exact) mass is 557 g/mol. The lowest BCUT2D eigenvalue weighted by Crippen LogP contribution is -2.31. The van der Waals surface area contributed by atoms with Crippen LogP contribution in [-0.2, 0) is 14.4 Å². The third-order valence-electron chi connectivity index (χ3n) is 8.10. The molecule has 7 nitrogen and oxygen atoms in total. The Bertz CT molecular complexity index is 1280. The van der Waals surface area contributed by atoms with Crippen LogP contribution in [-0.4, -0.2) is 23.6 Å². The highest BCUT2D eigenvalue weighted by molar-refractivity contribution is 6.22. The van der Waals surface area contributed by atoms with Crippen LogP contribution in [0.5, 0.6) is 0 Å². The molecule has 0 unspecified atom stereocenters. The van der Waals surface area contributed by atoms with Crippen molar-refractivity contribution in [2.75, 3.05) is 15.5 Å². The van der Waals surface area contributed by atoms with E-state index in [0.717, 1.165) is 18.4 Å². The highest BCUT2D eigenvalue weighted by Gasteiger charge is 2.48. The van der Waals surface area contributed by atoms with Crippen LogP contribution in [0.1, 0.15) is 101 Å². The van der Waals surface area contributed by atoms with Crippen molar-refractivity contribution in [2.45, 2.75) is 90.9 Å². The zero-order valence-corrected chi connectivity index (χ0v) is 24.4. The van der Waals surface area contributed by atoms with Gasteiger partial charge in [-0.3, -0.25) is 24.1 Å². The number of hydrogen-bond donors (Lipinski definition) is 2. The highest BCUT2D eigenvalue weighted by Crippen LogP contribution is 2.39. The molecule has 218 valence electrons. The number of allylic oxidation sites excluding steroid dienone is 2. The normalized spacial score (nSPS) is 18.2. The molecule has 2 N–H and O–H groups in total. The summed E-state index contributed by atoms with van der Waals surface area (Å²) in [6.45, 7) is 4.21. The van der Waals surface area contributed by atoms with Crippen molar-refractivity contribution < 1.29 is 19.2 Å². The number of rotatable bonds is 14. The summed E-state index contributed by atoms with van der Waals surface area (Å²) in [5.41, 5.74) is 3.05. The standard InChI is InChI=1S/C34H43N3O4/c1-3-4-5-6-7-8-9-10-11-18-31(38)35-26-15-13-16-27(23-26)36-32(39)25-14-12-17-28(22-25)37-33(40)29-20-19-24(2)21-30(29)34(37)41/h12-17,19,22-23,29-30H,3-11,18,20-21H2,1-2H3,(H,35,38)(H,36,39)/t29-,30+/m0/s1. The predicted octanol–water partition coefficient (Wildman–Crippen LogP) is 7.64. The molecule has 2 atom stereocenters. The lowest BCUT2D eigenvalue weighted by Gasteiger charge is -2.18. The number of nitrogens with one attached hydrogen (secondary N) is 2. The average molecular weight is 558 g/mol. The van der Waals surface area contributed by atoms with Crippen molar-refractivity contribution >= 4 is 40.7 Å². The summed E-state index contributed by atoms with van der Waals surface area (Å²) in [6, 6.07) is 13.7. The Morgan fingerprint density at radius 2 is 1.44 bits per heavy atom. The Labute approximate surface area is 243 Å². The number of benzene rings is 2. The number of anilines is 3. The van der Waals surface area contributed by atoms with Gasteiger partial charge in [0, 0.05) is 23.4 Å². The maximum Gasteiger partial charge on any atom is 0.255 e. The Hall–Kier alpha value is -3.74. The number of imide groups is 1. The molecule has 2 aromatic carbocycles. The van der Waals surface area contributed by atoms with E-state index in [4.69, 9.17) is 0 Å². The van der Waals surface area contributed by atoms with E-state index in [-0.39, 0.29) is 35.5 Å². The van der Waals surface area contributed by atoms with Crippen molar-refractivity contribution in [1.29, 1.82) is 0 Å². The van der Waals surface area contributed by atoms with Crippen LogP contribution >= 0.6 is 0 Å². The molecule has 2 aliphatic rings. The van der Waals surface area contributed by atoms with E-state index in [1.807, 2.05) is 13.0 Å². The first-order valence-corrected chi connectivity index (χ1v) is 15.2. The van der Waals surface area contributed by atoms with E-state index in [1.165, 1.54) is 49.8 Å². The molecule has 2 aromatic rings. The number of nitrogens with zero attached hydrogens (tertiary/aromatic N) is 1. The maximum absolute atomic E-state index is 13.1. The van der Waals surface area contributed by atoms with Crippen LogP contribution in [0.15, 0.2) is 60.2 Å². The minimum atomic E-state index is -0.362. The molecule has 1 heterocycles. The lowest BCUT2D eigenvalue weighted by molar-refractivity contribution is -0.122. The fourth-order valence-corrected chi connectivity index (χ4v) is 5.78. The Morgan fingerprint density at radius 1 is 0.805 bits per heavy atom. The summed E-state index contributed by atoms with van der Waals surface area (Å²) < 4.78 is 0. The molecule has 7 heteroatoms. The second-order valence-electron chi connectivity index (χ2n) is 11.4. The first-order chi connectivity index (χ1) is 19.9. The van der Waals surface area contributed by atoms with Crippen molar-refractivity contribution in [3.63, 3.8) is 0 Å². The molecule has 0 aromatic heterocycles. The summed E-state index contributed by atoms with van der Waals surface area (Å²) in [5.74, 6) is -1.46. The minimum Gasteiger partial charge on any atom is -0.326 e. The maximum atomic E-state index is 13.1. The average Bonchev–Trinajstić information content (AvgIpc) is 3.21. The quantitative estimate of drug-likeness (QED) is 0.142. The molecule has 1 fully saturated rings. The molecule has 1 saturated heterocycles. The van der Waals surface area contributed by atoms with E-state index < -0.39 is 0 Å². The molecular weight excluding hydrogens is 514 g/mol. The zero-order valence-electron chi connectivity index (χ0n) is 24.4. The van der Waals surface area contributed by atoms with Gasteiger partial charge in [0.1, 0.15) is 0 Å². The SMILES string of the molecule is CCCCCCCCCCCC(=O)Nc1cccc(NC(=O)c2cccc(N3C(=O)[C@H]4CC=C(C)C[C@H]4C3=O)c2)c1. The van der Waals surface area contributed by atoms with Crippen molar-refractivity contribution in [1.82, 2.24) is 0 Å². The number of unbranched alkanes of at least 4 members (excludes halogenated alkanes) is 8. The van der Waals surface area contributed by atoms with Gasteiger partial charge in [-0.1, -0.05) is 82.1 Å². The van der Waals surface area contributed by atoms with Crippen molar-refractivity contribution in [3.05, 3.63) is 65.7 Å². The molecule has 1 aliphatic heterocycles. The van der Waals surface area contributed by atoms with Gasteiger partial charge in [0.15, 0.2) is 0 Å². The molecule has 0 spiro atoms. The summed E-state index contributed by atoms with van der Waals surface area (Å²) in [5, 5.41) is 5.79. The highest BCUT2D eigenvalue weighted by atomic mass is 16.2. The third-order valence-corrected chi connectivity index (χ3v) is 8.10. The van der Waals surface area contributed by atoms with Gasteiger partial charge in [-0.15, -0.1) is 0 Å². The molecule has 1 aliphatic carbocycles. The van der Waals surface area contributed by atoms with E-state index in [9.17, 15) is 19.2 Å². The number of carbonyl (C=O) groups is 4. The number of amides is 4. The Kier molecular flexibility index (Phi) is 10.9. The van der Waals surface area contributed by atoms with E-state index in [1.54, 1.807) is 48.5 Å². The van der Waals surface area contributed by atoms with Crippen LogP contribution in [0.25, 0.3) is 0 Å². The van der Waals surface area contributed by atoms with Gasteiger partial charge < -0.3 is 10.6 Å². The van der Waals surface area contributed by atoms with Crippen LogP contribution in [0.3, 0.4) is 0 Å². The lowest BCUT2D eigenvalue weighted by atomic mass is 9.82. The third kappa shape index (κ3) is 8.15. The number of fused-ring (bicyclic) bond motifs is 1. The van der Waals surface area contributed by atoms with E-state index >= 15 is 0 Å². The molecule has 0 saturated carbocycles. The summed E-state index contributed by atoms with van der Waals surface area (Å²) in [6.07, 6.45) is 14.5. The van der Waals surface area contributed by atoms with Crippen LogP contribution in [0.2, 0.25) is 0 Å². The number of carbonyl (C=O) groups excluding carboxylic acids is 4. The summed E-state index contributed by atoms with van der Waals surface area (Å²) in [7, 11) is 0. The first-order valence-electron chi connectivity index (χ1n) is 15.2. The van der Waals surface area contributed by atoms with Gasteiger partial charge >= 0.3 is 0 Å². The topological polar surface area (TPSA) is 95.6 Å². The second kappa shape index (κ2) is 14.8. The van der Waals surface area contributed by atoms with E-state index in [2.05, 4.69) is 17.6 Å².